The monoisotopic (exact) mass is 352 g/mol. The summed E-state index contributed by atoms with van der Waals surface area (Å²) in [6.45, 7) is 2.00. The van der Waals surface area contributed by atoms with Crippen LogP contribution < -0.4 is 5.32 Å². The first-order valence-corrected chi connectivity index (χ1v) is 8.97. The van der Waals surface area contributed by atoms with Gasteiger partial charge in [-0.1, -0.05) is 36.4 Å². The fraction of sp³-hybridized carbons (Fsp3) is 0.130. The zero-order chi connectivity index (χ0) is 18.6. The molecule has 0 bridgehead atoms. The van der Waals surface area contributed by atoms with Gasteiger partial charge >= 0.3 is 0 Å². The van der Waals surface area contributed by atoms with Gasteiger partial charge < -0.3 is 10.3 Å². The number of nitrogens with zero attached hydrogens (tertiary/aromatic N) is 2. The number of aromatic amines is 1. The predicted octanol–water partition coefficient (Wildman–Crippen LogP) is 5.14. The van der Waals surface area contributed by atoms with E-state index in [1.165, 1.54) is 11.1 Å². The van der Waals surface area contributed by atoms with Crippen LogP contribution in [0.15, 0.2) is 73.1 Å². The molecule has 1 unspecified atom stereocenters. The van der Waals surface area contributed by atoms with Crippen LogP contribution in [0, 0.1) is 18.3 Å². The molecule has 2 heterocycles. The van der Waals surface area contributed by atoms with E-state index in [1.807, 2.05) is 49.6 Å². The minimum Gasteiger partial charge on any atom is -0.378 e. The molecule has 4 heteroatoms. The van der Waals surface area contributed by atoms with E-state index < -0.39 is 0 Å². The van der Waals surface area contributed by atoms with Crippen LogP contribution >= 0.6 is 0 Å². The lowest BCUT2D eigenvalue weighted by atomic mass is 9.98. The molecule has 132 valence electrons. The molecule has 0 saturated heterocycles. The second-order valence-electron chi connectivity index (χ2n) is 6.68. The number of nitrogens with one attached hydrogen (secondary N) is 2. The number of pyridine rings is 1. The van der Waals surface area contributed by atoms with Crippen molar-refractivity contribution in [3.05, 3.63) is 95.4 Å². The van der Waals surface area contributed by atoms with Gasteiger partial charge in [-0.3, -0.25) is 4.98 Å². The van der Waals surface area contributed by atoms with Crippen LogP contribution in [-0.4, -0.2) is 9.97 Å². The summed E-state index contributed by atoms with van der Waals surface area (Å²) in [6.07, 6.45) is 4.70. The van der Waals surface area contributed by atoms with E-state index in [9.17, 15) is 0 Å². The van der Waals surface area contributed by atoms with E-state index in [-0.39, 0.29) is 6.04 Å². The second-order valence-corrected chi connectivity index (χ2v) is 6.68. The van der Waals surface area contributed by atoms with Crippen LogP contribution in [0.3, 0.4) is 0 Å². The van der Waals surface area contributed by atoms with Gasteiger partial charge in [0.1, 0.15) is 0 Å². The summed E-state index contributed by atoms with van der Waals surface area (Å²) in [5.74, 6) is 0. The molecular weight excluding hydrogens is 332 g/mol. The SMILES string of the molecule is Cc1cc(NC(Cc2c[nH]c3cc(C#N)ccc23)c2ccccc2)ccn1. The number of rotatable bonds is 5. The van der Waals surface area contributed by atoms with E-state index in [2.05, 4.69) is 51.7 Å². The number of aromatic nitrogens is 2. The van der Waals surface area contributed by atoms with Crippen LogP contribution in [-0.2, 0) is 6.42 Å². The third-order valence-electron chi connectivity index (χ3n) is 4.76. The van der Waals surface area contributed by atoms with Gasteiger partial charge in [0.2, 0.25) is 0 Å². The van der Waals surface area contributed by atoms with Crippen LogP contribution in [0.5, 0.6) is 0 Å². The Bertz CT molecular complexity index is 1110. The standard InChI is InChI=1S/C23H20N4/c1-16-11-20(9-10-25-16)27-22(18-5-3-2-4-6-18)13-19-15-26-23-12-17(14-24)7-8-21(19)23/h2-12,15,22,26H,13H2,1H3,(H,25,27). The van der Waals surface area contributed by atoms with Crippen LogP contribution in [0.4, 0.5) is 5.69 Å². The number of hydrogen-bond acceptors (Lipinski definition) is 3. The summed E-state index contributed by atoms with van der Waals surface area (Å²) in [5.41, 5.74) is 6.17. The lowest BCUT2D eigenvalue weighted by Gasteiger charge is -2.20. The minimum atomic E-state index is 0.127. The zero-order valence-corrected chi connectivity index (χ0v) is 15.1. The molecule has 0 fully saturated rings. The highest BCUT2D eigenvalue weighted by atomic mass is 14.9. The Labute approximate surface area is 158 Å². The fourth-order valence-corrected chi connectivity index (χ4v) is 3.42. The Morgan fingerprint density at radius 3 is 2.74 bits per heavy atom. The molecule has 0 aliphatic heterocycles. The first-order valence-electron chi connectivity index (χ1n) is 8.97. The number of aryl methyl sites for hydroxylation is 1. The molecule has 0 saturated carbocycles. The third kappa shape index (κ3) is 3.68. The Balaban J connectivity index is 1.68. The van der Waals surface area contributed by atoms with Crippen molar-refractivity contribution in [2.24, 2.45) is 0 Å². The lowest BCUT2D eigenvalue weighted by Crippen LogP contribution is -2.13. The summed E-state index contributed by atoms with van der Waals surface area (Å²) in [7, 11) is 0. The van der Waals surface area contributed by atoms with E-state index in [0.717, 1.165) is 28.7 Å². The van der Waals surface area contributed by atoms with Crippen molar-refractivity contribution in [2.75, 3.05) is 5.32 Å². The maximum atomic E-state index is 9.11. The van der Waals surface area contributed by atoms with Gasteiger partial charge in [-0.25, -0.2) is 0 Å². The highest BCUT2D eigenvalue weighted by Gasteiger charge is 2.15. The van der Waals surface area contributed by atoms with Crippen molar-refractivity contribution in [3.63, 3.8) is 0 Å². The largest absolute Gasteiger partial charge is 0.378 e. The van der Waals surface area contributed by atoms with Gasteiger partial charge in [-0.05, 0) is 48.7 Å². The van der Waals surface area contributed by atoms with Crippen molar-refractivity contribution in [3.8, 4) is 6.07 Å². The molecule has 2 aromatic carbocycles. The number of hydrogen-bond donors (Lipinski definition) is 2. The zero-order valence-electron chi connectivity index (χ0n) is 15.1. The first kappa shape index (κ1) is 16.9. The fourth-order valence-electron chi connectivity index (χ4n) is 3.42. The van der Waals surface area contributed by atoms with Crippen molar-refractivity contribution >= 4 is 16.6 Å². The number of benzene rings is 2. The number of nitriles is 1. The predicted molar refractivity (Wildman–Crippen MR) is 108 cm³/mol. The van der Waals surface area contributed by atoms with Gasteiger partial charge in [-0.15, -0.1) is 0 Å². The lowest BCUT2D eigenvalue weighted by molar-refractivity contribution is 0.779. The Hall–Kier alpha value is -3.58. The number of H-pyrrole nitrogens is 1. The maximum absolute atomic E-state index is 9.11. The highest BCUT2D eigenvalue weighted by molar-refractivity contribution is 5.84. The number of anilines is 1. The molecule has 2 aromatic heterocycles. The van der Waals surface area contributed by atoms with Crippen molar-refractivity contribution in [1.82, 2.24) is 9.97 Å². The normalized spacial score (nSPS) is 11.9. The Morgan fingerprint density at radius 1 is 1.11 bits per heavy atom. The summed E-state index contributed by atoms with van der Waals surface area (Å²) >= 11 is 0. The van der Waals surface area contributed by atoms with Crippen LogP contribution in [0.25, 0.3) is 10.9 Å². The molecule has 0 aliphatic rings. The molecule has 2 N–H and O–H groups in total. The first-order chi connectivity index (χ1) is 13.2. The molecule has 4 nitrogen and oxygen atoms in total. The van der Waals surface area contributed by atoms with Crippen molar-refractivity contribution in [2.45, 2.75) is 19.4 Å². The van der Waals surface area contributed by atoms with Crippen molar-refractivity contribution < 1.29 is 0 Å². The van der Waals surface area contributed by atoms with E-state index >= 15 is 0 Å². The molecule has 0 amide bonds. The smallest absolute Gasteiger partial charge is 0.0992 e. The van der Waals surface area contributed by atoms with Crippen molar-refractivity contribution in [1.29, 1.82) is 5.26 Å². The topological polar surface area (TPSA) is 64.5 Å². The van der Waals surface area contributed by atoms with Gasteiger partial charge in [0.15, 0.2) is 0 Å². The molecule has 0 spiro atoms. The summed E-state index contributed by atoms with van der Waals surface area (Å²) in [4.78, 5) is 7.59. The molecule has 1 atom stereocenters. The summed E-state index contributed by atoms with van der Waals surface area (Å²) in [6, 6.07) is 22.6. The third-order valence-corrected chi connectivity index (χ3v) is 4.76. The Morgan fingerprint density at radius 2 is 1.96 bits per heavy atom. The van der Waals surface area contributed by atoms with Gasteiger partial charge in [0.05, 0.1) is 17.7 Å². The minimum absolute atomic E-state index is 0.127. The summed E-state index contributed by atoms with van der Waals surface area (Å²) < 4.78 is 0. The average Bonchev–Trinajstić information content (AvgIpc) is 3.10. The van der Waals surface area contributed by atoms with E-state index in [0.29, 0.717) is 5.56 Å². The Kier molecular flexibility index (Phi) is 4.59. The molecule has 4 aromatic rings. The molecule has 0 radical (unpaired) electrons. The maximum Gasteiger partial charge on any atom is 0.0992 e. The van der Waals surface area contributed by atoms with Gasteiger partial charge in [0, 0.05) is 34.7 Å². The highest BCUT2D eigenvalue weighted by Crippen LogP contribution is 2.28. The molecule has 27 heavy (non-hydrogen) atoms. The van der Waals surface area contributed by atoms with E-state index in [1.54, 1.807) is 0 Å². The average molecular weight is 352 g/mol. The molecule has 4 rings (SSSR count). The van der Waals surface area contributed by atoms with Gasteiger partial charge in [-0.2, -0.15) is 5.26 Å². The molecular formula is C23H20N4. The quantitative estimate of drug-likeness (QED) is 0.523. The van der Waals surface area contributed by atoms with Crippen LogP contribution in [0.1, 0.15) is 28.4 Å². The van der Waals surface area contributed by atoms with Crippen LogP contribution in [0.2, 0.25) is 0 Å². The van der Waals surface area contributed by atoms with E-state index in [4.69, 9.17) is 5.26 Å². The summed E-state index contributed by atoms with van der Waals surface area (Å²) in [5, 5.41) is 13.9. The number of fused-ring (bicyclic) bond motifs is 1. The second kappa shape index (κ2) is 7.35. The van der Waals surface area contributed by atoms with Gasteiger partial charge in [0.25, 0.3) is 0 Å². The molecule has 0 aliphatic carbocycles.